The Morgan fingerprint density at radius 2 is 1.63 bits per heavy atom. The minimum absolute atomic E-state index is 0.0134. The van der Waals surface area contributed by atoms with Crippen molar-refractivity contribution < 1.29 is 9.59 Å². The quantitative estimate of drug-likeness (QED) is 0.625. The number of nitrogens with zero attached hydrogens (tertiary/aromatic N) is 3. The van der Waals surface area contributed by atoms with E-state index in [1.54, 1.807) is 0 Å². The molecule has 2 saturated heterocycles. The molecule has 0 aliphatic carbocycles. The number of rotatable bonds is 6. The van der Waals surface area contributed by atoms with Crippen LogP contribution >= 0.6 is 0 Å². The van der Waals surface area contributed by atoms with Crippen molar-refractivity contribution in [2.24, 2.45) is 0 Å². The maximum absolute atomic E-state index is 11.5. The summed E-state index contributed by atoms with van der Waals surface area (Å²) in [5.41, 5.74) is 0. The van der Waals surface area contributed by atoms with Crippen LogP contribution in [0.2, 0.25) is 0 Å². The number of carbonyl (C=O) groups excluding carboxylic acids is 2. The first-order valence-corrected chi connectivity index (χ1v) is 7.11. The molecular weight excluding hydrogens is 244 g/mol. The fourth-order valence-corrected chi connectivity index (χ4v) is 2.50. The van der Waals surface area contributed by atoms with Gasteiger partial charge in [-0.3, -0.25) is 19.4 Å². The zero-order chi connectivity index (χ0) is 13.7. The smallest absolute Gasteiger partial charge is 0.229 e. The molecule has 2 rings (SSSR count). The zero-order valence-electron chi connectivity index (χ0n) is 11.7. The monoisotopic (exact) mass is 268 g/mol. The Morgan fingerprint density at radius 1 is 1.05 bits per heavy atom. The van der Waals surface area contributed by atoms with Crippen LogP contribution in [0.3, 0.4) is 0 Å². The lowest BCUT2D eigenvalue weighted by molar-refractivity contribution is -0.138. The summed E-state index contributed by atoms with van der Waals surface area (Å²) in [6.07, 6.45) is 0.784. The van der Waals surface area contributed by atoms with Crippen LogP contribution in [0.5, 0.6) is 0 Å². The standard InChI is InChI=1S/C13H24N4O2/c1-15(8-10-16-6-4-14-5-7-16)9-11-17-12(18)2-3-13(17)19/h14H,2-11H2,1H3. The van der Waals surface area contributed by atoms with Crippen LogP contribution in [-0.4, -0.2) is 85.9 Å². The molecule has 0 radical (unpaired) electrons. The van der Waals surface area contributed by atoms with Gasteiger partial charge in [-0.05, 0) is 7.05 Å². The summed E-state index contributed by atoms with van der Waals surface area (Å²) in [5, 5.41) is 3.34. The third-order valence-electron chi connectivity index (χ3n) is 3.87. The van der Waals surface area contributed by atoms with E-state index in [4.69, 9.17) is 0 Å². The molecule has 2 amide bonds. The maximum atomic E-state index is 11.5. The molecule has 6 nitrogen and oxygen atoms in total. The van der Waals surface area contributed by atoms with Crippen molar-refractivity contribution in [2.45, 2.75) is 12.8 Å². The molecule has 19 heavy (non-hydrogen) atoms. The molecule has 2 heterocycles. The summed E-state index contributed by atoms with van der Waals surface area (Å²) in [6.45, 7) is 7.70. The average molecular weight is 268 g/mol. The highest BCUT2D eigenvalue weighted by molar-refractivity contribution is 6.01. The topological polar surface area (TPSA) is 55.9 Å². The van der Waals surface area contributed by atoms with Crippen molar-refractivity contribution in [3.8, 4) is 0 Å². The molecule has 0 atom stereocenters. The molecule has 2 aliphatic rings. The molecule has 1 N–H and O–H groups in total. The van der Waals surface area contributed by atoms with Gasteiger partial charge < -0.3 is 10.2 Å². The van der Waals surface area contributed by atoms with Crippen LogP contribution < -0.4 is 5.32 Å². The predicted octanol–water partition coefficient (Wildman–Crippen LogP) is -1.03. The molecule has 0 aromatic heterocycles. The van der Waals surface area contributed by atoms with Crippen molar-refractivity contribution in [3.05, 3.63) is 0 Å². The van der Waals surface area contributed by atoms with E-state index in [0.717, 1.165) is 45.8 Å². The number of amides is 2. The van der Waals surface area contributed by atoms with Gasteiger partial charge in [0.25, 0.3) is 0 Å². The first-order valence-electron chi connectivity index (χ1n) is 7.11. The Bertz CT molecular complexity index is 313. The number of nitrogens with one attached hydrogen (secondary N) is 1. The highest BCUT2D eigenvalue weighted by Gasteiger charge is 2.28. The van der Waals surface area contributed by atoms with E-state index < -0.39 is 0 Å². The SMILES string of the molecule is CN(CCN1CCNCC1)CCN1C(=O)CCC1=O. The summed E-state index contributed by atoms with van der Waals surface area (Å²) in [5.74, 6) is -0.0268. The van der Waals surface area contributed by atoms with Gasteiger partial charge in [0.1, 0.15) is 0 Å². The van der Waals surface area contributed by atoms with Crippen LogP contribution in [0, 0.1) is 0 Å². The Balaban J connectivity index is 1.62. The van der Waals surface area contributed by atoms with Gasteiger partial charge in [-0.1, -0.05) is 0 Å². The van der Waals surface area contributed by atoms with Gasteiger partial charge in [-0.2, -0.15) is 0 Å². The number of likely N-dealkylation sites (N-methyl/N-ethyl adjacent to an activating group) is 1. The first kappa shape index (κ1) is 14.4. The fraction of sp³-hybridized carbons (Fsp3) is 0.846. The second-order valence-electron chi connectivity index (χ2n) is 5.33. The van der Waals surface area contributed by atoms with Crippen LogP contribution in [0.25, 0.3) is 0 Å². The number of hydrogen-bond acceptors (Lipinski definition) is 5. The molecule has 0 aromatic rings. The van der Waals surface area contributed by atoms with Gasteiger partial charge in [0.2, 0.25) is 11.8 Å². The van der Waals surface area contributed by atoms with Crippen molar-refractivity contribution >= 4 is 11.8 Å². The molecule has 108 valence electrons. The predicted molar refractivity (Wildman–Crippen MR) is 72.8 cm³/mol. The minimum atomic E-state index is -0.0134. The van der Waals surface area contributed by atoms with Gasteiger partial charge in [0.05, 0.1) is 0 Å². The van der Waals surface area contributed by atoms with E-state index in [-0.39, 0.29) is 11.8 Å². The second kappa shape index (κ2) is 6.98. The summed E-state index contributed by atoms with van der Waals surface area (Å²) < 4.78 is 0. The largest absolute Gasteiger partial charge is 0.314 e. The lowest BCUT2D eigenvalue weighted by Crippen LogP contribution is -2.46. The van der Waals surface area contributed by atoms with E-state index in [1.165, 1.54) is 4.90 Å². The molecule has 6 heteroatoms. The van der Waals surface area contributed by atoms with Crippen LogP contribution in [-0.2, 0) is 9.59 Å². The van der Waals surface area contributed by atoms with Crippen molar-refractivity contribution in [3.63, 3.8) is 0 Å². The zero-order valence-corrected chi connectivity index (χ0v) is 11.7. The number of piperazine rings is 1. The molecule has 2 aliphatic heterocycles. The summed E-state index contributed by atoms with van der Waals surface area (Å²) >= 11 is 0. The Hall–Kier alpha value is -0.980. The van der Waals surface area contributed by atoms with E-state index in [9.17, 15) is 9.59 Å². The maximum Gasteiger partial charge on any atom is 0.229 e. The molecular formula is C13H24N4O2. The molecule has 0 unspecified atom stereocenters. The Morgan fingerprint density at radius 3 is 2.26 bits per heavy atom. The second-order valence-corrected chi connectivity index (χ2v) is 5.33. The lowest BCUT2D eigenvalue weighted by atomic mass is 10.3. The van der Waals surface area contributed by atoms with E-state index in [1.807, 2.05) is 7.05 Å². The minimum Gasteiger partial charge on any atom is -0.314 e. The molecule has 0 saturated carbocycles. The van der Waals surface area contributed by atoms with E-state index in [2.05, 4.69) is 15.1 Å². The van der Waals surface area contributed by atoms with E-state index >= 15 is 0 Å². The van der Waals surface area contributed by atoms with Crippen molar-refractivity contribution in [1.82, 2.24) is 20.0 Å². The normalized spacial score (nSPS) is 21.7. The number of hydrogen-bond donors (Lipinski definition) is 1. The number of imide groups is 1. The average Bonchev–Trinajstić information content (AvgIpc) is 2.75. The van der Waals surface area contributed by atoms with Gasteiger partial charge in [-0.25, -0.2) is 0 Å². The molecule has 0 bridgehead atoms. The first-order chi connectivity index (χ1) is 9.16. The number of likely N-dealkylation sites (tertiary alicyclic amines) is 1. The van der Waals surface area contributed by atoms with Gasteiger partial charge >= 0.3 is 0 Å². The Kier molecular flexibility index (Phi) is 5.30. The van der Waals surface area contributed by atoms with Gasteiger partial charge in [0.15, 0.2) is 0 Å². The molecule has 0 aromatic carbocycles. The van der Waals surface area contributed by atoms with Crippen LogP contribution in [0.15, 0.2) is 0 Å². The summed E-state index contributed by atoms with van der Waals surface area (Å²) in [7, 11) is 2.05. The summed E-state index contributed by atoms with van der Waals surface area (Å²) in [6, 6.07) is 0. The molecule has 2 fully saturated rings. The number of carbonyl (C=O) groups is 2. The third kappa shape index (κ3) is 4.26. The molecule has 0 spiro atoms. The van der Waals surface area contributed by atoms with E-state index in [0.29, 0.717) is 19.4 Å². The van der Waals surface area contributed by atoms with Crippen LogP contribution in [0.4, 0.5) is 0 Å². The highest BCUT2D eigenvalue weighted by atomic mass is 16.2. The van der Waals surface area contributed by atoms with Gasteiger partial charge in [-0.15, -0.1) is 0 Å². The lowest BCUT2D eigenvalue weighted by Gasteiger charge is -2.29. The van der Waals surface area contributed by atoms with Crippen LogP contribution in [0.1, 0.15) is 12.8 Å². The fourth-order valence-electron chi connectivity index (χ4n) is 2.50. The van der Waals surface area contributed by atoms with Crippen molar-refractivity contribution in [1.29, 1.82) is 0 Å². The Labute approximate surface area is 114 Å². The third-order valence-corrected chi connectivity index (χ3v) is 3.87. The summed E-state index contributed by atoms with van der Waals surface area (Å²) in [4.78, 5) is 29.0. The van der Waals surface area contributed by atoms with Gasteiger partial charge in [0, 0.05) is 65.2 Å². The highest BCUT2D eigenvalue weighted by Crippen LogP contribution is 2.10. The van der Waals surface area contributed by atoms with Crippen molar-refractivity contribution in [2.75, 3.05) is 59.4 Å².